The maximum absolute atomic E-state index is 3.19. The molecule has 0 unspecified atom stereocenters. The molecule has 2 heteroatoms. The number of hydrogen-bond acceptors (Lipinski definition) is 2. The Morgan fingerprint density at radius 3 is 2.73 bits per heavy atom. The summed E-state index contributed by atoms with van der Waals surface area (Å²) < 4.78 is 0. The Hall–Kier alpha value is -0.860. The molecule has 1 fully saturated rings. The van der Waals surface area contributed by atoms with E-state index in [1.165, 1.54) is 12.0 Å². The normalized spacial score (nSPS) is 24.5. The van der Waals surface area contributed by atoms with Crippen LogP contribution in [0.2, 0.25) is 0 Å². The van der Waals surface area contributed by atoms with Crippen molar-refractivity contribution in [1.82, 2.24) is 10.2 Å². The van der Waals surface area contributed by atoms with Gasteiger partial charge in [-0.1, -0.05) is 30.3 Å². The fraction of sp³-hybridized carbons (Fsp3) is 0.538. The van der Waals surface area contributed by atoms with Gasteiger partial charge < -0.3 is 10.2 Å². The van der Waals surface area contributed by atoms with Gasteiger partial charge in [0, 0.05) is 25.0 Å². The van der Waals surface area contributed by atoms with Crippen LogP contribution in [0.25, 0.3) is 0 Å². The monoisotopic (exact) mass is 204 g/mol. The van der Waals surface area contributed by atoms with Gasteiger partial charge in [-0.15, -0.1) is 0 Å². The van der Waals surface area contributed by atoms with Crippen LogP contribution in [0, 0.1) is 0 Å². The largest absolute Gasteiger partial charge is 0.318 e. The molecule has 15 heavy (non-hydrogen) atoms. The predicted octanol–water partition coefficient (Wildman–Crippen LogP) is 1.69. The Labute approximate surface area is 92.3 Å². The Balaban J connectivity index is 1.85. The van der Waals surface area contributed by atoms with Crippen molar-refractivity contribution in [3.05, 3.63) is 35.9 Å². The zero-order valence-corrected chi connectivity index (χ0v) is 9.61. The molecule has 1 N–H and O–H groups in total. The topological polar surface area (TPSA) is 15.3 Å². The summed E-state index contributed by atoms with van der Waals surface area (Å²) in [5.41, 5.74) is 1.50. The van der Waals surface area contributed by atoms with E-state index < -0.39 is 0 Å². The predicted molar refractivity (Wildman–Crippen MR) is 64.1 cm³/mol. The molecular formula is C13H20N2. The fourth-order valence-corrected chi connectivity index (χ4v) is 2.18. The van der Waals surface area contributed by atoms with Crippen molar-refractivity contribution >= 4 is 0 Å². The molecule has 0 saturated heterocycles. The average molecular weight is 204 g/mol. The lowest BCUT2D eigenvalue weighted by atomic mass is 10.1. The van der Waals surface area contributed by atoms with E-state index in [1.54, 1.807) is 0 Å². The Bertz CT molecular complexity index is 297. The first-order valence-electron chi connectivity index (χ1n) is 5.72. The quantitative estimate of drug-likeness (QED) is 0.785. The van der Waals surface area contributed by atoms with Gasteiger partial charge in [-0.25, -0.2) is 0 Å². The van der Waals surface area contributed by atoms with Gasteiger partial charge in [-0.05, 0) is 26.1 Å². The van der Waals surface area contributed by atoms with E-state index in [0.717, 1.165) is 25.0 Å². The third-order valence-corrected chi connectivity index (χ3v) is 3.27. The van der Waals surface area contributed by atoms with Crippen LogP contribution in [0.5, 0.6) is 0 Å². The summed E-state index contributed by atoms with van der Waals surface area (Å²) in [4.78, 5) is 2.47. The SMILES string of the molecule is CNCCN(C)[C@@H]1C[C@H]1c1ccccc1. The van der Waals surface area contributed by atoms with Crippen LogP contribution in [0.15, 0.2) is 30.3 Å². The summed E-state index contributed by atoms with van der Waals surface area (Å²) in [6.07, 6.45) is 1.32. The highest BCUT2D eigenvalue weighted by Gasteiger charge is 2.40. The molecule has 2 rings (SSSR count). The third-order valence-electron chi connectivity index (χ3n) is 3.27. The van der Waals surface area contributed by atoms with Gasteiger partial charge in [0.1, 0.15) is 0 Å². The molecule has 0 bridgehead atoms. The number of nitrogens with one attached hydrogen (secondary N) is 1. The standard InChI is InChI=1S/C13H20N2/c1-14-8-9-15(2)13-10-12(13)11-6-4-3-5-7-11/h3-7,12-14H,8-10H2,1-2H3/t12-,13+/m0/s1. The molecule has 0 amide bonds. The molecule has 1 aliphatic rings. The summed E-state index contributed by atoms with van der Waals surface area (Å²) in [6, 6.07) is 11.6. The zero-order valence-electron chi connectivity index (χ0n) is 9.61. The number of benzene rings is 1. The molecule has 0 aliphatic heterocycles. The second kappa shape index (κ2) is 4.77. The molecule has 0 heterocycles. The second-order valence-electron chi connectivity index (χ2n) is 4.40. The second-order valence-corrected chi connectivity index (χ2v) is 4.40. The maximum atomic E-state index is 3.19. The summed E-state index contributed by atoms with van der Waals surface area (Å²) in [5, 5.41) is 3.19. The zero-order chi connectivity index (χ0) is 10.7. The Morgan fingerprint density at radius 2 is 2.07 bits per heavy atom. The van der Waals surface area contributed by atoms with Crippen LogP contribution in [0.1, 0.15) is 17.9 Å². The first kappa shape index (κ1) is 10.7. The van der Waals surface area contributed by atoms with Crippen molar-refractivity contribution in [2.45, 2.75) is 18.4 Å². The van der Waals surface area contributed by atoms with E-state index >= 15 is 0 Å². The van der Waals surface area contributed by atoms with Gasteiger partial charge in [0.2, 0.25) is 0 Å². The average Bonchev–Trinajstić information content (AvgIpc) is 3.07. The lowest BCUT2D eigenvalue weighted by molar-refractivity contribution is 0.320. The van der Waals surface area contributed by atoms with E-state index in [0.29, 0.717) is 0 Å². The van der Waals surface area contributed by atoms with Gasteiger partial charge in [0.15, 0.2) is 0 Å². The molecule has 1 aromatic carbocycles. The van der Waals surface area contributed by atoms with Crippen molar-refractivity contribution < 1.29 is 0 Å². The van der Waals surface area contributed by atoms with Crippen LogP contribution in [-0.2, 0) is 0 Å². The number of likely N-dealkylation sites (N-methyl/N-ethyl adjacent to an activating group) is 2. The highest BCUT2D eigenvalue weighted by molar-refractivity contribution is 5.27. The highest BCUT2D eigenvalue weighted by Crippen LogP contribution is 2.43. The molecule has 1 aromatic rings. The minimum Gasteiger partial charge on any atom is -0.318 e. The van der Waals surface area contributed by atoms with Crippen LogP contribution in [0.4, 0.5) is 0 Å². The van der Waals surface area contributed by atoms with E-state index in [-0.39, 0.29) is 0 Å². The van der Waals surface area contributed by atoms with E-state index in [2.05, 4.69) is 47.6 Å². The number of rotatable bonds is 5. The van der Waals surface area contributed by atoms with Gasteiger partial charge >= 0.3 is 0 Å². The van der Waals surface area contributed by atoms with Crippen LogP contribution >= 0.6 is 0 Å². The molecule has 2 atom stereocenters. The van der Waals surface area contributed by atoms with Crippen molar-refractivity contribution in [3.63, 3.8) is 0 Å². The van der Waals surface area contributed by atoms with Gasteiger partial charge in [-0.2, -0.15) is 0 Å². The lowest BCUT2D eigenvalue weighted by Gasteiger charge is -2.16. The summed E-state index contributed by atoms with van der Waals surface area (Å²) >= 11 is 0. The molecule has 1 saturated carbocycles. The van der Waals surface area contributed by atoms with Crippen LogP contribution in [-0.4, -0.2) is 38.1 Å². The van der Waals surface area contributed by atoms with Gasteiger partial charge in [-0.3, -0.25) is 0 Å². The first-order valence-corrected chi connectivity index (χ1v) is 5.72. The van der Waals surface area contributed by atoms with Crippen molar-refractivity contribution in [1.29, 1.82) is 0 Å². The van der Waals surface area contributed by atoms with Crippen molar-refractivity contribution in [2.75, 3.05) is 27.2 Å². The molecule has 0 aromatic heterocycles. The molecule has 82 valence electrons. The minimum absolute atomic E-state index is 0.765. The summed E-state index contributed by atoms with van der Waals surface area (Å²) in [5.74, 6) is 0.771. The van der Waals surface area contributed by atoms with Crippen LogP contribution in [0.3, 0.4) is 0 Å². The van der Waals surface area contributed by atoms with E-state index in [9.17, 15) is 0 Å². The summed E-state index contributed by atoms with van der Waals surface area (Å²) in [7, 11) is 4.24. The molecule has 2 nitrogen and oxygen atoms in total. The van der Waals surface area contributed by atoms with Crippen molar-refractivity contribution in [3.8, 4) is 0 Å². The maximum Gasteiger partial charge on any atom is 0.0168 e. The summed E-state index contributed by atoms with van der Waals surface area (Å²) in [6.45, 7) is 2.22. The Morgan fingerprint density at radius 1 is 1.33 bits per heavy atom. The van der Waals surface area contributed by atoms with Gasteiger partial charge in [0.05, 0.1) is 0 Å². The highest BCUT2D eigenvalue weighted by atomic mass is 15.2. The van der Waals surface area contributed by atoms with Crippen LogP contribution < -0.4 is 5.32 Å². The molecule has 1 aliphatic carbocycles. The van der Waals surface area contributed by atoms with E-state index in [4.69, 9.17) is 0 Å². The van der Waals surface area contributed by atoms with E-state index in [1.807, 2.05) is 7.05 Å². The molecule has 0 radical (unpaired) electrons. The number of hydrogen-bond donors (Lipinski definition) is 1. The van der Waals surface area contributed by atoms with Crippen molar-refractivity contribution in [2.24, 2.45) is 0 Å². The first-order chi connectivity index (χ1) is 7.33. The minimum atomic E-state index is 0.765. The molecule has 0 spiro atoms. The molecular weight excluding hydrogens is 184 g/mol. The third kappa shape index (κ3) is 2.58. The lowest BCUT2D eigenvalue weighted by Crippen LogP contribution is -2.29. The number of nitrogens with zero attached hydrogens (tertiary/aromatic N) is 1. The smallest absolute Gasteiger partial charge is 0.0168 e. The fourth-order valence-electron chi connectivity index (χ4n) is 2.18. The Kier molecular flexibility index (Phi) is 3.39. The van der Waals surface area contributed by atoms with Gasteiger partial charge in [0.25, 0.3) is 0 Å².